The topological polar surface area (TPSA) is 63.4 Å². The third kappa shape index (κ3) is 3.06. The smallest absolute Gasteiger partial charge is 0.246 e. The molecule has 0 saturated heterocycles. The SMILES string of the molecule is CCC(=Cc1cc(Br)ccc1O)[N+](=O)[O-]. The van der Waals surface area contributed by atoms with Gasteiger partial charge in [0.1, 0.15) is 5.75 Å². The minimum absolute atomic E-state index is 0.0333. The number of phenols is 1. The van der Waals surface area contributed by atoms with Crippen LogP contribution >= 0.6 is 15.9 Å². The van der Waals surface area contributed by atoms with E-state index >= 15 is 0 Å². The van der Waals surface area contributed by atoms with Crippen LogP contribution in [0.25, 0.3) is 6.08 Å². The molecule has 0 radical (unpaired) electrons. The Morgan fingerprint density at radius 3 is 2.87 bits per heavy atom. The lowest BCUT2D eigenvalue weighted by molar-refractivity contribution is -0.425. The number of halogens is 1. The van der Waals surface area contributed by atoms with Crippen molar-refractivity contribution in [2.24, 2.45) is 0 Å². The van der Waals surface area contributed by atoms with Crippen molar-refractivity contribution >= 4 is 22.0 Å². The average Bonchev–Trinajstić information content (AvgIpc) is 2.18. The molecule has 0 aliphatic carbocycles. The molecule has 15 heavy (non-hydrogen) atoms. The van der Waals surface area contributed by atoms with Crippen LogP contribution in [0.1, 0.15) is 18.9 Å². The molecule has 80 valence electrons. The van der Waals surface area contributed by atoms with E-state index in [2.05, 4.69) is 15.9 Å². The first-order chi connectivity index (χ1) is 7.04. The lowest BCUT2D eigenvalue weighted by Crippen LogP contribution is -1.96. The number of benzene rings is 1. The van der Waals surface area contributed by atoms with Crippen molar-refractivity contribution in [1.29, 1.82) is 0 Å². The molecule has 0 spiro atoms. The van der Waals surface area contributed by atoms with Crippen LogP contribution in [0.5, 0.6) is 5.75 Å². The lowest BCUT2D eigenvalue weighted by Gasteiger charge is -2.00. The summed E-state index contributed by atoms with van der Waals surface area (Å²) >= 11 is 3.23. The second-order valence-corrected chi connectivity index (χ2v) is 3.87. The molecular weight excluding hydrogens is 262 g/mol. The molecular formula is C10H10BrNO3. The molecule has 0 aliphatic rings. The second kappa shape index (κ2) is 4.93. The Morgan fingerprint density at radius 1 is 1.67 bits per heavy atom. The molecule has 0 heterocycles. The third-order valence-corrected chi connectivity index (χ3v) is 2.40. The maximum absolute atomic E-state index is 10.6. The van der Waals surface area contributed by atoms with Gasteiger partial charge in [-0.05, 0) is 18.2 Å². The molecule has 1 N–H and O–H groups in total. The summed E-state index contributed by atoms with van der Waals surface area (Å²) in [5.74, 6) is 0.0333. The molecule has 1 rings (SSSR count). The number of allylic oxidation sites excluding steroid dienone is 1. The molecule has 0 unspecified atom stereocenters. The van der Waals surface area contributed by atoms with Crippen molar-refractivity contribution in [3.63, 3.8) is 0 Å². The van der Waals surface area contributed by atoms with Gasteiger partial charge < -0.3 is 5.11 Å². The van der Waals surface area contributed by atoms with E-state index in [1.807, 2.05) is 0 Å². The Kier molecular flexibility index (Phi) is 3.85. The molecule has 0 atom stereocenters. The summed E-state index contributed by atoms with van der Waals surface area (Å²) in [4.78, 5) is 10.1. The van der Waals surface area contributed by atoms with Crippen LogP contribution in [0.3, 0.4) is 0 Å². The largest absolute Gasteiger partial charge is 0.507 e. The van der Waals surface area contributed by atoms with Crippen molar-refractivity contribution in [3.05, 3.63) is 44.0 Å². The van der Waals surface area contributed by atoms with Crippen LogP contribution in [0, 0.1) is 10.1 Å². The zero-order valence-electron chi connectivity index (χ0n) is 8.11. The van der Waals surface area contributed by atoms with Gasteiger partial charge in [0.25, 0.3) is 0 Å². The first kappa shape index (κ1) is 11.7. The number of rotatable bonds is 3. The molecule has 0 amide bonds. The van der Waals surface area contributed by atoms with Gasteiger partial charge in [-0.2, -0.15) is 0 Å². The molecule has 0 aliphatic heterocycles. The highest BCUT2D eigenvalue weighted by Gasteiger charge is 2.09. The van der Waals surface area contributed by atoms with Crippen LogP contribution in [0.2, 0.25) is 0 Å². The monoisotopic (exact) mass is 271 g/mol. The van der Waals surface area contributed by atoms with Gasteiger partial charge in [-0.15, -0.1) is 0 Å². The van der Waals surface area contributed by atoms with Crippen molar-refractivity contribution in [2.45, 2.75) is 13.3 Å². The first-order valence-corrected chi connectivity index (χ1v) is 5.17. The minimum atomic E-state index is -0.444. The van der Waals surface area contributed by atoms with Gasteiger partial charge in [-0.3, -0.25) is 10.1 Å². The van der Waals surface area contributed by atoms with Crippen molar-refractivity contribution in [1.82, 2.24) is 0 Å². The Morgan fingerprint density at radius 2 is 2.33 bits per heavy atom. The summed E-state index contributed by atoms with van der Waals surface area (Å²) in [6.45, 7) is 1.70. The van der Waals surface area contributed by atoms with Gasteiger partial charge in [-0.1, -0.05) is 22.9 Å². The van der Waals surface area contributed by atoms with E-state index in [-0.39, 0.29) is 11.4 Å². The average molecular weight is 272 g/mol. The van der Waals surface area contributed by atoms with Crippen LogP contribution in [-0.4, -0.2) is 10.0 Å². The van der Waals surface area contributed by atoms with Gasteiger partial charge in [-0.25, -0.2) is 0 Å². The van der Waals surface area contributed by atoms with Gasteiger partial charge in [0.05, 0.1) is 4.92 Å². The summed E-state index contributed by atoms with van der Waals surface area (Å²) in [5, 5.41) is 20.0. The van der Waals surface area contributed by atoms with Crippen LogP contribution in [-0.2, 0) is 0 Å². The highest BCUT2D eigenvalue weighted by molar-refractivity contribution is 9.10. The fourth-order valence-corrected chi connectivity index (χ4v) is 1.48. The Balaban J connectivity index is 3.16. The molecule has 1 aromatic rings. The Bertz CT molecular complexity index is 415. The first-order valence-electron chi connectivity index (χ1n) is 4.38. The molecule has 5 heteroatoms. The summed E-state index contributed by atoms with van der Waals surface area (Å²) in [6.07, 6.45) is 1.69. The molecule has 0 saturated carbocycles. The van der Waals surface area contributed by atoms with E-state index < -0.39 is 4.92 Å². The maximum atomic E-state index is 10.6. The predicted octanol–water partition coefficient (Wildman–Crippen LogP) is 3.18. The zero-order valence-corrected chi connectivity index (χ0v) is 9.69. The van der Waals surface area contributed by atoms with E-state index in [1.165, 1.54) is 12.1 Å². The Hall–Kier alpha value is -1.36. The summed E-state index contributed by atoms with van der Waals surface area (Å²) in [6, 6.07) is 4.79. The van der Waals surface area contributed by atoms with Crippen molar-refractivity contribution in [2.75, 3.05) is 0 Å². The minimum Gasteiger partial charge on any atom is -0.507 e. The number of nitro groups is 1. The second-order valence-electron chi connectivity index (χ2n) is 2.95. The normalized spacial score (nSPS) is 11.5. The number of aromatic hydroxyl groups is 1. The molecule has 0 bridgehead atoms. The quantitative estimate of drug-likeness (QED) is 0.678. The van der Waals surface area contributed by atoms with Crippen LogP contribution < -0.4 is 0 Å². The van der Waals surface area contributed by atoms with Crippen LogP contribution in [0.15, 0.2) is 28.4 Å². The summed E-state index contributed by atoms with van der Waals surface area (Å²) < 4.78 is 0.769. The van der Waals surface area contributed by atoms with Crippen LogP contribution in [0.4, 0.5) is 0 Å². The summed E-state index contributed by atoms with van der Waals surface area (Å²) in [5.41, 5.74) is 0.515. The van der Waals surface area contributed by atoms with Gasteiger partial charge >= 0.3 is 0 Å². The standard InChI is InChI=1S/C10H10BrNO3/c1-2-9(12(14)15)6-7-5-8(11)3-4-10(7)13/h3-6,13H,2H2,1H3. The van der Waals surface area contributed by atoms with Gasteiger partial charge in [0, 0.05) is 22.5 Å². The Labute approximate surface area is 95.5 Å². The highest BCUT2D eigenvalue weighted by atomic mass is 79.9. The van der Waals surface area contributed by atoms with E-state index in [0.717, 1.165) is 4.47 Å². The lowest BCUT2D eigenvalue weighted by atomic mass is 10.1. The molecule has 1 aromatic carbocycles. The number of nitrogens with zero attached hydrogens (tertiary/aromatic N) is 1. The third-order valence-electron chi connectivity index (χ3n) is 1.91. The van der Waals surface area contributed by atoms with E-state index in [9.17, 15) is 15.2 Å². The number of phenolic OH excluding ortho intramolecular Hbond substituents is 1. The van der Waals surface area contributed by atoms with E-state index in [1.54, 1.807) is 19.1 Å². The van der Waals surface area contributed by atoms with Gasteiger partial charge in [0.2, 0.25) is 5.70 Å². The molecule has 4 nitrogen and oxygen atoms in total. The fourth-order valence-electron chi connectivity index (χ4n) is 1.10. The molecule has 0 fully saturated rings. The number of hydrogen-bond acceptors (Lipinski definition) is 3. The highest BCUT2D eigenvalue weighted by Crippen LogP contribution is 2.24. The fraction of sp³-hybridized carbons (Fsp3) is 0.200. The summed E-state index contributed by atoms with van der Waals surface area (Å²) in [7, 11) is 0. The molecule has 0 aromatic heterocycles. The van der Waals surface area contributed by atoms with E-state index in [4.69, 9.17) is 0 Å². The zero-order chi connectivity index (χ0) is 11.4. The number of hydrogen-bond donors (Lipinski definition) is 1. The predicted molar refractivity (Wildman–Crippen MR) is 61.1 cm³/mol. The van der Waals surface area contributed by atoms with E-state index in [0.29, 0.717) is 12.0 Å². The van der Waals surface area contributed by atoms with Crippen molar-refractivity contribution in [3.8, 4) is 5.75 Å². The van der Waals surface area contributed by atoms with Crippen molar-refractivity contribution < 1.29 is 10.0 Å². The maximum Gasteiger partial charge on any atom is 0.246 e. The van der Waals surface area contributed by atoms with Gasteiger partial charge in [0.15, 0.2) is 0 Å².